The van der Waals surface area contributed by atoms with Gasteiger partial charge in [0.2, 0.25) is 0 Å². The minimum absolute atomic E-state index is 0.0960. The molecule has 0 aromatic carbocycles. The lowest BCUT2D eigenvalue weighted by molar-refractivity contribution is -0.0441. The largest absolute Gasteiger partial charge is 0.374 e. The molecule has 0 bridgehead atoms. The van der Waals surface area contributed by atoms with Crippen LogP contribution in [0.25, 0.3) is 0 Å². The van der Waals surface area contributed by atoms with Crippen molar-refractivity contribution in [3.63, 3.8) is 0 Å². The van der Waals surface area contributed by atoms with Crippen LogP contribution in [0.5, 0.6) is 0 Å². The molecule has 0 aliphatic heterocycles. The Morgan fingerprint density at radius 1 is 1.31 bits per heavy atom. The summed E-state index contributed by atoms with van der Waals surface area (Å²) < 4.78 is 5.93. The van der Waals surface area contributed by atoms with Crippen LogP contribution in [0.15, 0.2) is 11.6 Å². The van der Waals surface area contributed by atoms with Gasteiger partial charge in [-0.25, -0.2) is 0 Å². The second-order valence-corrected chi connectivity index (χ2v) is 4.78. The summed E-state index contributed by atoms with van der Waals surface area (Å²) in [4.78, 5) is 0. The minimum Gasteiger partial charge on any atom is -0.374 e. The van der Waals surface area contributed by atoms with E-state index in [1.54, 1.807) is 0 Å². The quantitative estimate of drug-likeness (QED) is 0.641. The maximum Gasteiger partial charge on any atom is 0.0839 e. The van der Waals surface area contributed by atoms with Gasteiger partial charge in [0.1, 0.15) is 0 Å². The van der Waals surface area contributed by atoms with Crippen molar-refractivity contribution in [1.29, 1.82) is 0 Å². The molecule has 0 aliphatic carbocycles. The molecular formula is C14H29NO. The number of ether oxygens (including phenoxy) is 1. The van der Waals surface area contributed by atoms with Crippen LogP contribution >= 0.6 is 0 Å². The highest BCUT2D eigenvalue weighted by Gasteiger charge is 2.31. The molecule has 2 unspecified atom stereocenters. The maximum absolute atomic E-state index is 5.93. The standard InChI is InChI=1S/C14H29NO/c1-7-10-15-13(11-12(4)5)14(6,8-2)16-9-3/h11,13,15H,7-10H2,1-6H3. The van der Waals surface area contributed by atoms with E-state index in [1.165, 1.54) is 5.57 Å². The number of nitrogens with one attached hydrogen (secondary N) is 1. The summed E-state index contributed by atoms with van der Waals surface area (Å²) in [6, 6.07) is 0.308. The van der Waals surface area contributed by atoms with E-state index in [0.29, 0.717) is 6.04 Å². The van der Waals surface area contributed by atoms with Gasteiger partial charge in [-0.05, 0) is 47.1 Å². The molecule has 16 heavy (non-hydrogen) atoms. The van der Waals surface area contributed by atoms with E-state index in [-0.39, 0.29) is 5.60 Å². The van der Waals surface area contributed by atoms with Gasteiger partial charge >= 0.3 is 0 Å². The normalized spacial score (nSPS) is 16.6. The molecule has 0 aliphatic rings. The highest BCUT2D eigenvalue weighted by atomic mass is 16.5. The Labute approximate surface area is 101 Å². The van der Waals surface area contributed by atoms with Gasteiger partial charge in [0.05, 0.1) is 11.6 Å². The van der Waals surface area contributed by atoms with Crippen molar-refractivity contribution in [2.75, 3.05) is 13.2 Å². The number of rotatable bonds is 8. The van der Waals surface area contributed by atoms with E-state index < -0.39 is 0 Å². The van der Waals surface area contributed by atoms with Crippen molar-refractivity contribution in [3.05, 3.63) is 11.6 Å². The van der Waals surface area contributed by atoms with Gasteiger partial charge in [0.15, 0.2) is 0 Å². The van der Waals surface area contributed by atoms with Crippen LogP contribution in [-0.2, 0) is 4.74 Å². The first-order valence-electron chi connectivity index (χ1n) is 6.52. The highest BCUT2D eigenvalue weighted by Crippen LogP contribution is 2.22. The molecule has 2 atom stereocenters. The van der Waals surface area contributed by atoms with Crippen molar-refractivity contribution >= 4 is 0 Å². The Hall–Kier alpha value is -0.340. The highest BCUT2D eigenvalue weighted by molar-refractivity contribution is 5.08. The van der Waals surface area contributed by atoms with Crippen molar-refractivity contribution in [3.8, 4) is 0 Å². The summed E-state index contributed by atoms with van der Waals surface area (Å²) in [6.45, 7) is 14.7. The van der Waals surface area contributed by atoms with Crippen LogP contribution in [0.3, 0.4) is 0 Å². The van der Waals surface area contributed by atoms with Gasteiger partial charge in [0, 0.05) is 6.61 Å². The summed E-state index contributed by atoms with van der Waals surface area (Å²) in [7, 11) is 0. The van der Waals surface area contributed by atoms with Crippen LogP contribution in [0.2, 0.25) is 0 Å². The Morgan fingerprint density at radius 2 is 1.94 bits per heavy atom. The predicted octanol–water partition coefficient (Wildman–Crippen LogP) is 3.53. The molecule has 2 nitrogen and oxygen atoms in total. The molecule has 1 N–H and O–H groups in total. The molecule has 0 radical (unpaired) electrons. The van der Waals surface area contributed by atoms with Crippen molar-refractivity contribution in [2.24, 2.45) is 0 Å². The zero-order chi connectivity index (χ0) is 12.6. The number of hydrogen-bond acceptors (Lipinski definition) is 2. The van der Waals surface area contributed by atoms with E-state index in [9.17, 15) is 0 Å². The topological polar surface area (TPSA) is 21.3 Å². The van der Waals surface area contributed by atoms with Crippen LogP contribution < -0.4 is 5.32 Å². The van der Waals surface area contributed by atoms with Gasteiger partial charge in [-0.1, -0.05) is 25.5 Å². The fourth-order valence-electron chi connectivity index (χ4n) is 1.83. The molecule has 2 heteroatoms. The lowest BCUT2D eigenvalue weighted by Crippen LogP contribution is -2.49. The fourth-order valence-corrected chi connectivity index (χ4v) is 1.83. The average Bonchev–Trinajstić information content (AvgIpc) is 2.23. The van der Waals surface area contributed by atoms with Crippen molar-refractivity contribution in [1.82, 2.24) is 5.32 Å². The zero-order valence-electron chi connectivity index (χ0n) is 11.9. The Bertz CT molecular complexity index is 209. The van der Waals surface area contributed by atoms with Gasteiger partial charge in [0.25, 0.3) is 0 Å². The molecule has 0 amide bonds. The van der Waals surface area contributed by atoms with Crippen LogP contribution in [-0.4, -0.2) is 24.8 Å². The molecule has 0 saturated carbocycles. The zero-order valence-corrected chi connectivity index (χ0v) is 11.9. The molecule has 0 heterocycles. The number of hydrogen-bond donors (Lipinski definition) is 1. The molecule has 0 saturated heterocycles. The second kappa shape index (κ2) is 7.86. The predicted molar refractivity (Wildman–Crippen MR) is 71.8 cm³/mol. The van der Waals surface area contributed by atoms with Crippen LogP contribution in [0, 0.1) is 0 Å². The molecule has 0 fully saturated rings. The van der Waals surface area contributed by atoms with E-state index >= 15 is 0 Å². The number of allylic oxidation sites excluding steroid dienone is 1. The maximum atomic E-state index is 5.93. The summed E-state index contributed by atoms with van der Waals surface area (Å²) in [5.74, 6) is 0. The third-order valence-corrected chi connectivity index (χ3v) is 2.95. The Kier molecular flexibility index (Phi) is 7.69. The molecule has 96 valence electrons. The first-order valence-corrected chi connectivity index (χ1v) is 6.52. The first-order chi connectivity index (χ1) is 7.50. The smallest absolute Gasteiger partial charge is 0.0839 e. The lowest BCUT2D eigenvalue weighted by Gasteiger charge is -2.36. The summed E-state index contributed by atoms with van der Waals surface area (Å²) in [5, 5.41) is 3.58. The summed E-state index contributed by atoms with van der Waals surface area (Å²) in [6.07, 6.45) is 4.46. The van der Waals surface area contributed by atoms with Gasteiger partial charge < -0.3 is 10.1 Å². The third kappa shape index (κ3) is 5.13. The Balaban J connectivity index is 4.74. The summed E-state index contributed by atoms with van der Waals surface area (Å²) >= 11 is 0. The van der Waals surface area contributed by atoms with E-state index in [0.717, 1.165) is 26.0 Å². The molecular weight excluding hydrogens is 198 g/mol. The fraction of sp³-hybridized carbons (Fsp3) is 0.857. The SMILES string of the molecule is CCCNC(C=C(C)C)C(C)(CC)OCC. The van der Waals surface area contributed by atoms with E-state index in [4.69, 9.17) is 4.74 Å². The van der Waals surface area contributed by atoms with Crippen molar-refractivity contribution in [2.45, 2.75) is 66.0 Å². The molecule has 0 aromatic heterocycles. The molecule has 0 rings (SSSR count). The molecule has 0 aromatic rings. The first kappa shape index (κ1) is 15.7. The monoisotopic (exact) mass is 227 g/mol. The van der Waals surface area contributed by atoms with Crippen LogP contribution in [0.1, 0.15) is 54.4 Å². The van der Waals surface area contributed by atoms with Crippen LogP contribution in [0.4, 0.5) is 0 Å². The second-order valence-electron chi connectivity index (χ2n) is 4.78. The van der Waals surface area contributed by atoms with E-state index in [1.807, 2.05) is 0 Å². The summed E-state index contributed by atoms with van der Waals surface area (Å²) in [5.41, 5.74) is 1.24. The van der Waals surface area contributed by atoms with Gasteiger partial charge in [-0.15, -0.1) is 0 Å². The van der Waals surface area contributed by atoms with Gasteiger partial charge in [-0.2, -0.15) is 0 Å². The minimum atomic E-state index is -0.0960. The lowest BCUT2D eigenvalue weighted by atomic mass is 9.91. The van der Waals surface area contributed by atoms with Crippen molar-refractivity contribution < 1.29 is 4.74 Å². The Morgan fingerprint density at radius 3 is 2.31 bits per heavy atom. The average molecular weight is 227 g/mol. The third-order valence-electron chi connectivity index (χ3n) is 2.95. The van der Waals surface area contributed by atoms with Gasteiger partial charge in [-0.3, -0.25) is 0 Å². The van der Waals surface area contributed by atoms with E-state index in [2.05, 4.69) is 52.9 Å². The molecule has 0 spiro atoms.